The van der Waals surface area contributed by atoms with Crippen molar-refractivity contribution in [3.05, 3.63) is 143 Å². The van der Waals surface area contributed by atoms with Gasteiger partial charge in [-0.15, -0.1) is 0 Å². The maximum Gasteiger partial charge on any atom is 0.169 e. The van der Waals surface area contributed by atoms with Crippen molar-refractivity contribution in [3.63, 3.8) is 0 Å². The first-order valence-electron chi connectivity index (χ1n) is 13.1. The fourth-order valence-electron chi connectivity index (χ4n) is 5.35. The molecule has 0 amide bonds. The number of Topliss-reactive ketones (excluding diaryl/α,β-unsaturated/α-hetero) is 1. The van der Waals surface area contributed by atoms with Crippen molar-refractivity contribution in [1.82, 2.24) is 15.1 Å². The molecule has 38 heavy (non-hydrogen) atoms. The average Bonchev–Trinajstić information content (AvgIpc) is 3.36. The molecule has 4 aromatic rings. The predicted octanol–water partition coefficient (Wildman–Crippen LogP) is 5.27. The standard InChI is InChI=1S/C28H22N2O.C6H7N/c31-28(21-8-12-23(13-9-21)30-17-3-16-29-30)22-7-6-20-11-14-25-24-5-2-1-4-19(24)10-15-26(25)27(20)18-22;1-2-4-6-7-5-3-1/h1-5,8-9,11-18,22H,6-7,10H2;1-7H. The molecule has 1 aromatic heterocycles. The molecule has 4 nitrogen and oxygen atoms in total. The van der Waals surface area contributed by atoms with Gasteiger partial charge in [-0.25, -0.2) is 4.68 Å². The molecule has 0 saturated heterocycles. The minimum absolute atomic E-state index is 0.0832. The van der Waals surface area contributed by atoms with Crippen LogP contribution >= 0.6 is 0 Å². The van der Waals surface area contributed by atoms with Crippen molar-refractivity contribution in [2.75, 3.05) is 0 Å². The van der Waals surface area contributed by atoms with E-state index in [0.29, 0.717) is 0 Å². The van der Waals surface area contributed by atoms with Gasteiger partial charge in [-0.05, 0) is 94.4 Å². The first-order chi connectivity index (χ1) is 18.8. The summed E-state index contributed by atoms with van der Waals surface area (Å²) in [5, 5.41) is 9.73. The lowest BCUT2D eigenvalue weighted by Gasteiger charge is -2.21. The Kier molecular flexibility index (Phi) is 6.69. The minimum Gasteiger partial charge on any atom is -0.368 e. The highest BCUT2D eigenvalue weighted by Crippen LogP contribution is 2.26. The van der Waals surface area contributed by atoms with Gasteiger partial charge in [0, 0.05) is 36.3 Å². The van der Waals surface area contributed by atoms with Crippen LogP contribution in [0.4, 0.5) is 0 Å². The molecule has 0 fully saturated rings. The number of aryl methyl sites for hydroxylation is 1. The van der Waals surface area contributed by atoms with Crippen molar-refractivity contribution in [2.24, 2.45) is 5.92 Å². The zero-order chi connectivity index (χ0) is 25.7. The summed E-state index contributed by atoms with van der Waals surface area (Å²) in [6, 6.07) is 22.8. The summed E-state index contributed by atoms with van der Waals surface area (Å²) < 4.78 is 1.80. The van der Waals surface area contributed by atoms with Gasteiger partial charge in [0.15, 0.2) is 5.78 Å². The van der Waals surface area contributed by atoms with Gasteiger partial charge in [0.2, 0.25) is 0 Å². The maximum absolute atomic E-state index is 13.3. The number of ketones is 1. The van der Waals surface area contributed by atoms with Gasteiger partial charge >= 0.3 is 0 Å². The van der Waals surface area contributed by atoms with Gasteiger partial charge in [0.05, 0.1) is 5.69 Å². The number of benzene rings is 3. The molecule has 0 spiro atoms. The van der Waals surface area contributed by atoms with Gasteiger partial charge in [0.1, 0.15) is 0 Å². The predicted molar refractivity (Wildman–Crippen MR) is 154 cm³/mol. The molecule has 0 saturated carbocycles. The van der Waals surface area contributed by atoms with Crippen molar-refractivity contribution < 1.29 is 4.79 Å². The molecule has 0 bridgehead atoms. The normalized spacial score (nSPS) is 16.3. The molecule has 3 aromatic carbocycles. The summed E-state index contributed by atoms with van der Waals surface area (Å²) in [5.41, 5.74) is 7.05. The van der Waals surface area contributed by atoms with Crippen molar-refractivity contribution in [1.29, 1.82) is 0 Å². The average molecular weight is 496 g/mol. The van der Waals surface area contributed by atoms with E-state index in [1.54, 1.807) is 10.9 Å². The molecule has 1 unspecified atom stereocenters. The summed E-state index contributed by atoms with van der Waals surface area (Å²) in [6.07, 6.45) is 22.5. The van der Waals surface area contributed by atoms with Crippen LogP contribution in [0.1, 0.15) is 27.9 Å². The Bertz CT molecular complexity index is 1660. The third-order valence-electron chi connectivity index (χ3n) is 7.28. The van der Waals surface area contributed by atoms with Crippen LogP contribution in [0.15, 0.2) is 116 Å². The fourth-order valence-corrected chi connectivity index (χ4v) is 5.35. The third-order valence-corrected chi connectivity index (χ3v) is 7.28. The second kappa shape index (κ2) is 10.7. The summed E-state index contributed by atoms with van der Waals surface area (Å²) in [4.78, 5) is 13.3. The number of fused-ring (bicyclic) bond motifs is 5. The fraction of sp³-hybridized carbons (Fsp3) is 0.118. The molecule has 0 radical (unpaired) electrons. The monoisotopic (exact) mass is 495 g/mol. The van der Waals surface area contributed by atoms with E-state index in [4.69, 9.17) is 0 Å². The largest absolute Gasteiger partial charge is 0.368 e. The number of nitrogens with zero attached hydrogens (tertiary/aromatic N) is 2. The lowest BCUT2D eigenvalue weighted by atomic mass is 9.82. The van der Waals surface area contributed by atoms with E-state index < -0.39 is 0 Å². The Balaban J connectivity index is 0.000000330. The topological polar surface area (TPSA) is 46.9 Å². The minimum atomic E-state index is -0.0832. The smallest absolute Gasteiger partial charge is 0.169 e. The Labute approximate surface area is 222 Å². The van der Waals surface area contributed by atoms with Crippen LogP contribution in [0, 0.1) is 5.92 Å². The molecule has 1 N–H and O–H groups in total. The lowest BCUT2D eigenvalue weighted by molar-refractivity contribution is 0.0947. The third kappa shape index (κ3) is 4.81. The van der Waals surface area contributed by atoms with Gasteiger partial charge in [0.25, 0.3) is 0 Å². The van der Waals surface area contributed by atoms with E-state index in [1.807, 2.05) is 73.2 Å². The molecular formula is C34H29N3O. The maximum atomic E-state index is 13.3. The van der Waals surface area contributed by atoms with Crippen LogP contribution in [0.2, 0.25) is 0 Å². The highest BCUT2D eigenvalue weighted by atomic mass is 16.1. The van der Waals surface area contributed by atoms with Crippen LogP contribution in [0.3, 0.4) is 0 Å². The quantitative estimate of drug-likeness (QED) is 0.394. The van der Waals surface area contributed by atoms with Crippen molar-refractivity contribution in [3.8, 4) is 16.8 Å². The zero-order valence-corrected chi connectivity index (χ0v) is 21.1. The van der Waals surface area contributed by atoms with E-state index in [9.17, 15) is 4.79 Å². The number of aromatic nitrogens is 2. The Morgan fingerprint density at radius 1 is 0.816 bits per heavy atom. The van der Waals surface area contributed by atoms with E-state index >= 15 is 0 Å². The number of allylic oxidation sites excluding steroid dienone is 4. The molecule has 2 aliphatic carbocycles. The Hall–Kier alpha value is -4.70. The van der Waals surface area contributed by atoms with Crippen LogP contribution < -0.4 is 15.8 Å². The van der Waals surface area contributed by atoms with E-state index in [-0.39, 0.29) is 11.7 Å². The molecule has 2 heterocycles. The number of rotatable bonds is 3. The van der Waals surface area contributed by atoms with Crippen LogP contribution in [0.25, 0.3) is 29.0 Å². The molecule has 1 atom stereocenters. The summed E-state index contributed by atoms with van der Waals surface area (Å²) >= 11 is 0. The Morgan fingerprint density at radius 3 is 2.42 bits per heavy atom. The van der Waals surface area contributed by atoms with Gasteiger partial charge in [-0.2, -0.15) is 5.10 Å². The van der Waals surface area contributed by atoms with Crippen LogP contribution in [0.5, 0.6) is 0 Å². The SMILES string of the molecule is C1=CC=CNC=C1.O=C(c1ccc(-n2cccn2)cc1)C1C=c2c(ccc3c2=CCc2ccccc2-3)CC1. The van der Waals surface area contributed by atoms with E-state index in [1.165, 1.54) is 32.7 Å². The van der Waals surface area contributed by atoms with Gasteiger partial charge < -0.3 is 5.32 Å². The van der Waals surface area contributed by atoms with Crippen molar-refractivity contribution >= 4 is 17.9 Å². The summed E-state index contributed by atoms with van der Waals surface area (Å²) in [5.74, 6) is 0.117. The molecule has 7 rings (SSSR count). The molecule has 1 aliphatic heterocycles. The number of nitrogens with one attached hydrogen (secondary N) is 1. The van der Waals surface area contributed by atoms with Crippen LogP contribution in [-0.4, -0.2) is 15.6 Å². The van der Waals surface area contributed by atoms with Gasteiger partial charge in [-0.3, -0.25) is 4.79 Å². The highest BCUT2D eigenvalue weighted by molar-refractivity contribution is 6.01. The lowest BCUT2D eigenvalue weighted by Crippen LogP contribution is -2.37. The summed E-state index contributed by atoms with van der Waals surface area (Å²) in [7, 11) is 0. The first kappa shape index (κ1) is 23.7. The molecule has 3 aliphatic rings. The molecular weight excluding hydrogens is 466 g/mol. The van der Waals surface area contributed by atoms with Crippen molar-refractivity contribution in [2.45, 2.75) is 19.3 Å². The molecule has 186 valence electrons. The second-order valence-electron chi connectivity index (χ2n) is 9.61. The number of hydrogen-bond acceptors (Lipinski definition) is 3. The number of carbonyl (C=O) groups excluding carboxylic acids is 1. The molecule has 4 heteroatoms. The van der Waals surface area contributed by atoms with E-state index in [2.05, 4.69) is 59.0 Å². The zero-order valence-electron chi connectivity index (χ0n) is 21.1. The summed E-state index contributed by atoms with van der Waals surface area (Å²) in [6.45, 7) is 0. The highest BCUT2D eigenvalue weighted by Gasteiger charge is 2.23. The second-order valence-corrected chi connectivity index (χ2v) is 9.61. The van der Waals surface area contributed by atoms with E-state index in [0.717, 1.165) is 30.5 Å². The number of hydrogen-bond donors (Lipinski definition) is 1. The first-order valence-corrected chi connectivity index (χ1v) is 13.1. The number of carbonyl (C=O) groups is 1. The van der Waals surface area contributed by atoms with Gasteiger partial charge in [-0.1, -0.05) is 60.7 Å². The van der Waals surface area contributed by atoms with Crippen LogP contribution in [-0.2, 0) is 12.8 Å². The Morgan fingerprint density at radius 2 is 1.63 bits per heavy atom.